The van der Waals surface area contributed by atoms with E-state index in [9.17, 15) is 24.0 Å². The summed E-state index contributed by atoms with van der Waals surface area (Å²) >= 11 is 0.703. The first-order valence-corrected chi connectivity index (χ1v) is 10.5. The zero-order valence-electron chi connectivity index (χ0n) is 18.0. The molecule has 0 N–H and O–H groups in total. The van der Waals surface area contributed by atoms with Gasteiger partial charge in [0.15, 0.2) is 23.7 Å². The minimum Gasteiger partial charge on any atom is -0.463 e. The molecule has 32 heavy (non-hydrogen) atoms. The monoisotopic (exact) mass is 468 g/mol. The van der Waals surface area contributed by atoms with Crippen LogP contribution in [0.2, 0.25) is 0 Å². The van der Waals surface area contributed by atoms with Crippen molar-refractivity contribution in [2.45, 2.75) is 57.5 Å². The van der Waals surface area contributed by atoms with Crippen LogP contribution in [0.1, 0.15) is 38.1 Å². The van der Waals surface area contributed by atoms with Crippen LogP contribution in [-0.4, -0.2) is 65.5 Å². The molecule has 0 unspecified atom stereocenters. The van der Waals surface area contributed by atoms with Crippen molar-refractivity contribution in [2.24, 2.45) is 0 Å². The highest BCUT2D eigenvalue weighted by molar-refractivity contribution is 8.14. The molecule has 11 heteroatoms. The fraction of sp³-hybridized carbons (Fsp3) is 0.476. The van der Waals surface area contributed by atoms with E-state index in [-0.39, 0.29) is 6.61 Å². The van der Waals surface area contributed by atoms with Gasteiger partial charge in [-0.3, -0.25) is 24.0 Å². The van der Waals surface area contributed by atoms with Gasteiger partial charge in [-0.1, -0.05) is 30.3 Å². The molecule has 174 valence electrons. The van der Waals surface area contributed by atoms with Gasteiger partial charge in [-0.25, -0.2) is 0 Å². The van der Waals surface area contributed by atoms with E-state index < -0.39 is 58.8 Å². The Bertz CT molecular complexity index is 855. The molecule has 0 saturated carbocycles. The Labute approximate surface area is 188 Å². The Hall–Kier alpha value is -2.92. The van der Waals surface area contributed by atoms with E-state index in [1.807, 2.05) is 0 Å². The lowest BCUT2D eigenvalue weighted by Gasteiger charge is -2.43. The minimum absolute atomic E-state index is 0.353. The Kier molecular flexibility index (Phi) is 9.21. The van der Waals surface area contributed by atoms with Crippen molar-refractivity contribution in [3.63, 3.8) is 0 Å². The number of benzene rings is 1. The zero-order valence-corrected chi connectivity index (χ0v) is 18.8. The maximum Gasteiger partial charge on any atom is 0.303 e. The summed E-state index contributed by atoms with van der Waals surface area (Å²) in [6.45, 7) is 4.23. The largest absolute Gasteiger partial charge is 0.463 e. The van der Waals surface area contributed by atoms with Gasteiger partial charge in [0.2, 0.25) is 5.12 Å². The number of esters is 4. The standard InChI is InChI=1S/C21H24O10S/c1-11(22)27-10-16-17(28-12(2)23)18(29-13(3)24)19(30-14(4)25)21(31-16)32-20(26)15-8-6-5-7-9-15/h5-9,16-19,21H,10H2,1-4H3/t16-,17-,18+,19-,21+/m1/s1. The van der Waals surface area contributed by atoms with Crippen LogP contribution in [0, 0.1) is 0 Å². The predicted molar refractivity (Wildman–Crippen MR) is 110 cm³/mol. The molecule has 1 aromatic carbocycles. The van der Waals surface area contributed by atoms with Crippen molar-refractivity contribution in [3.8, 4) is 0 Å². The molecule has 1 heterocycles. The first kappa shape index (κ1) is 25.3. The lowest BCUT2D eigenvalue weighted by atomic mass is 9.99. The molecule has 1 aliphatic heterocycles. The van der Waals surface area contributed by atoms with Gasteiger partial charge in [0.25, 0.3) is 0 Å². The van der Waals surface area contributed by atoms with Crippen molar-refractivity contribution in [1.29, 1.82) is 0 Å². The molecule has 2 rings (SSSR count). The highest BCUT2D eigenvalue weighted by Crippen LogP contribution is 2.35. The summed E-state index contributed by atoms with van der Waals surface area (Å²) in [5.41, 5.74) is -0.784. The third-order valence-corrected chi connectivity index (χ3v) is 5.24. The van der Waals surface area contributed by atoms with Gasteiger partial charge >= 0.3 is 23.9 Å². The number of ether oxygens (including phenoxy) is 5. The van der Waals surface area contributed by atoms with E-state index >= 15 is 0 Å². The quantitative estimate of drug-likeness (QED) is 0.427. The summed E-state index contributed by atoms with van der Waals surface area (Å²) < 4.78 is 26.8. The summed E-state index contributed by atoms with van der Waals surface area (Å²) in [4.78, 5) is 59.4. The van der Waals surface area contributed by atoms with Crippen LogP contribution < -0.4 is 0 Å². The highest BCUT2D eigenvalue weighted by Gasteiger charge is 2.53. The van der Waals surface area contributed by atoms with E-state index in [2.05, 4.69) is 0 Å². The van der Waals surface area contributed by atoms with Crippen LogP contribution in [0.5, 0.6) is 0 Å². The fourth-order valence-electron chi connectivity index (χ4n) is 3.03. The average Bonchev–Trinajstić information content (AvgIpc) is 2.70. The molecule has 0 aromatic heterocycles. The number of thioether (sulfide) groups is 1. The maximum absolute atomic E-state index is 12.8. The SMILES string of the molecule is CC(=O)OC[C@H]1O[C@@H](SC(=O)c2ccccc2)[C@H](OC(C)=O)[C@@H](OC(C)=O)[C@@H]1OC(C)=O. The molecule has 1 aromatic rings. The Morgan fingerprint density at radius 2 is 1.31 bits per heavy atom. The maximum atomic E-state index is 12.8. The normalized spacial score (nSPS) is 24.7. The molecule has 5 atom stereocenters. The molecule has 0 radical (unpaired) electrons. The highest BCUT2D eigenvalue weighted by atomic mass is 32.2. The van der Waals surface area contributed by atoms with Gasteiger partial charge in [0.05, 0.1) is 0 Å². The van der Waals surface area contributed by atoms with E-state index in [4.69, 9.17) is 23.7 Å². The topological polar surface area (TPSA) is 132 Å². The number of rotatable bonds is 7. The summed E-state index contributed by atoms with van der Waals surface area (Å²) in [7, 11) is 0. The van der Waals surface area contributed by atoms with E-state index in [0.29, 0.717) is 17.3 Å². The van der Waals surface area contributed by atoms with Crippen molar-refractivity contribution < 1.29 is 47.7 Å². The Morgan fingerprint density at radius 1 is 0.781 bits per heavy atom. The molecule has 1 saturated heterocycles. The summed E-state index contributed by atoms with van der Waals surface area (Å²) in [5, 5.41) is -0.397. The first-order chi connectivity index (χ1) is 15.1. The second-order valence-corrected chi connectivity index (χ2v) is 7.91. The lowest BCUT2D eigenvalue weighted by molar-refractivity contribution is -0.237. The first-order valence-electron chi connectivity index (χ1n) is 9.65. The Morgan fingerprint density at radius 3 is 1.84 bits per heavy atom. The van der Waals surface area contributed by atoms with Crippen LogP contribution >= 0.6 is 11.8 Å². The van der Waals surface area contributed by atoms with E-state index in [1.54, 1.807) is 30.3 Å². The predicted octanol–water partition coefficient (Wildman–Crippen LogP) is 1.64. The average molecular weight is 468 g/mol. The molecule has 0 amide bonds. The van der Waals surface area contributed by atoms with Gasteiger partial charge in [0, 0.05) is 33.3 Å². The third kappa shape index (κ3) is 7.34. The molecule has 0 spiro atoms. The fourth-order valence-corrected chi connectivity index (χ4v) is 4.06. The summed E-state index contributed by atoms with van der Waals surface area (Å²) in [5.74, 6) is -2.81. The smallest absolute Gasteiger partial charge is 0.303 e. The molecule has 1 fully saturated rings. The van der Waals surface area contributed by atoms with Crippen molar-refractivity contribution in [1.82, 2.24) is 0 Å². The van der Waals surface area contributed by atoms with Crippen molar-refractivity contribution in [3.05, 3.63) is 35.9 Å². The number of hydrogen-bond acceptors (Lipinski definition) is 11. The van der Waals surface area contributed by atoms with Crippen LogP contribution in [0.4, 0.5) is 0 Å². The second-order valence-electron chi connectivity index (χ2n) is 6.84. The zero-order chi connectivity index (χ0) is 23.8. The molecule has 10 nitrogen and oxygen atoms in total. The van der Waals surface area contributed by atoms with Crippen LogP contribution in [-0.2, 0) is 42.9 Å². The molecular formula is C21H24O10S. The third-order valence-electron chi connectivity index (χ3n) is 4.18. The molecular weight excluding hydrogens is 444 g/mol. The van der Waals surface area contributed by atoms with Gasteiger partial charge in [-0.05, 0) is 11.8 Å². The van der Waals surface area contributed by atoms with E-state index in [0.717, 1.165) is 20.8 Å². The summed E-state index contributed by atoms with van der Waals surface area (Å²) in [6, 6.07) is 8.30. The van der Waals surface area contributed by atoms with Crippen LogP contribution in [0.25, 0.3) is 0 Å². The van der Waals surface area contributed by atoms with Gasteiger partial charge in [-0.15, -0.1) is 0 Å². The van der Waals surface area contributed by atoms with E-state index in [1.165, 1.54) is 6.92 Å². The molecule has 1 aliphatic rings. The lowest BCUT2D eigenvalue weighted by Crippen LogP contribution is -2.61. The number of carbonyl (C=O) groups is 5. The van der Waals surface area contributed by atoms with Gasteiger partial charge in [-0.2, -0.15) is 0 Å². The molecule has 0 aliphatic carbocycles. The van der Waals surface area contributed by atoms with Crippen molar-refractivity contribution >= 4 is 40.8 Å². The van der Waals surface area contributed by atoms with Crippen molar-refractivity contribution in [2.75, 3.05) is 6.61 Å². The minimum atomic E-state index is -1.31. The van der Waals surface area contributed by atoms with Gasteiger partial charge < -0.3 is 23.7 Å². The summed E-state index contributed by atoms with van der Waals surface area (Å²) in [6.07, 6.45) is -4.95. The van der Waals surface area contributed by atoms with Crippen LogP contribution in [0.15, 0.2) is 30.3 Å². The van der Waals surface area contributed by atoms with Gasteiger partial charge in [0.1, 0.15) is 12.7 Å². The van der Waals surface area contributed by atoms with Crippen LogP contribution in [0.3, 0.4) is 0 Å². The number of hydrogen-bond donors (Lipinski definition) is 0. The Balaban J connectivity index is 2.42. The molecule has 0 bridgehead atoms. The number of carbonyl (C=O) groups excluding carboxylic acids is 5. The second kappa shape index (κ2) is 11.6.